The van der Waals surface area contributed by atoms with Crippen molar-refractivity contribution in [3.8, 4) is 33.9 Å². The molecule has 7 rings (SSSR count). The summed E-state index contributed by atoms with van der Waals surface area (Å²) < 4.78 is 25.0. The Bertz CT molecular complexity index is 2400. The molecule has 0 bridgehead atoms. The van der Waals surface area contributed by atoms with Gasteiger partial charge in [-0.3, -0.25) is 14.4 Å². The van der Waals surface area contributed by atoms with Crippen LogP contribution in [0.1, 0.15) is 11.1 Å². The lowest BCUT2D eigenvalue weighted by Gasteiger charge is -2.41. The van der Waals surface area contributed by atoms with Gasteiger partial charge in [-0.2, -0.15) is 4.73 Å². The van der Waals surface area contributed by atoms with Gasteiger partial charge in [0.2, 0.25) is 12.4 Å². The second kappa shape index (κ2) is 15.3. The molecule has 0 aliphatic carbocycles. The summed E-state index contributed by atoms with van der Waals surface area (Å²) in [5.74, 6) is -3.81. The summed E-state index contributed by atoms with van der Waals surface area (Å²) in [7, 11) is 1.49. The molecule has 6 atom stereocenters. The monoisotopic (exact) mass is 753 g/mol. The van der Waals surface area contributed by atoms with E-state index in [2.05, 4.69) is 10.3 Å². The zero-order chi connectivity index (χ0) is 39.0. The van der Waals surface area contributed by atoms with E-state index < -0.39 is 55.2 Å². The number of aliphatic carboxylic acids is 1. The molecular weight excluding hydrogens is 714 g/mol. The first-order valence-electron chi connectivity index (χ1n) is 17.4. The number of aromatic nitrogens is 2. The highest BCUT2D eigenvalue weighted by Crippen LogP contribution is 2.33. The van der Waals surface area contributed by atoms with Crippen molar-refractivity contribution in [2.45, 2.75) is 44.6 Å². The molecule has 0 saturated carbocycles. The van der Waals surface area contributed by atoms with E-state index in [1.807, 2.05) is 38.1 Å². The first-order valence-corrected chi connectivity index (χ1v) is 17.4. The van der Waals surface area contributed by atoms with Crippen molar-refractivity contribution < 1.29 is 53.5 Å². The number of carboxylic acid groups (broad SMARTS) is 1. The molecule has 1 aliphatic heterocycles. The first-order chi connectivity index (χ1) is 26.4. The van der Waals surface area contributed by atoms with Crippen LogP contribution in [0.3, 0.4) is 0 Å². The van der Waals surface area contributed by atoms with Gasteiger partial charge in [-0.1, -0.05) is 29.3 Å². The van der Waals surface area contributed by atoms with E-state index in [-0.39, 0.29) is 40.0 Å². The van der Waals surface area contributed by atoms with Crippen molar-refractivity contribution in [3.05, 3.63) is 107 Å². The number of carbonyl (C=O) groups is 2. The minimum atomic E-state index is -1.69. The number of hydrogen-bond acceptors (Lipinski definition) is 12. The maximum Gasteiger partial charge on any atom is 0.321 e. The standard InChI is InChI=1S/C40H39N3O12/c1-20-12-21(2)14-24(13-20)33-32-23(10-11-42-32)17-43(33)55-37-36(47)35(46)31(19-52-39(50)28(16-41-3)38(48)49)54-40(37)53-26-8-9-27-30(15-26)51-18-29(34(27)45)22-4-6-25(44)7-5-22/h4-15,17-18,28,31,35-37,40-42,44,46-47H,16,19H2,1-3H3,(H,48,49). The number of benzene rings is 3. The lowest BCUT2D eigenvalue weighted by Crippen LogP contribution is -2.63. The summed E-state index contributed by atoms with van der Waals surface area (Å²) in [6.45, 7) is 3.12. The fourth-order valence-electron chi connectivity index (χ4n) is 6.74. The Balaban J connectivity index is 1.22. The molecule has 3 aromatic heterocycles. The number of carboxylic acids is 1. The average Bonchev–Trinajstić information content (AvgIpc) is 3.74. The topological polar surface area (TPSA) is 215 Å². The van der Waals surface area contributed by atoms with Crippen LogP contribution >= 0.6 is 0 Å². The van der Waals surface area contributed by atoms with Crippen LogP contribution in [0.2, 0.25) is 0 Å². The number of aliphatic hydroxyl groups is 2. The number of aliphatic hydroxyl groups excluding tert-OH is 2. The third-order valence-corrected chi connectivity index (χ3v) is 9.43. The second-order valence-corrected chi connectivity index (χ2v) is 13.5. The fourth-order valence-corrected chi connectivity index (χ4v) is 6.74. The number of rotatable bonds is 12. The predicted octanol–water partition coefficient (Wildman–Crippen LogP) is 3.52. The van der Waals surface area contributed by atoms with Crippen molar-refractivity contribution >= 4 is 33.8 Å². The van der Waals surface area contributed by atoms with E-state index in [0.29, 0.717) is 11.3 Å². The number of H-pyrrole nitrogens is 1. The molecule has 4 heterocycles. The normalized spacial score (nSPS) is 20.3. The maximum atomic E-state index is 13.4. The molecule has 1 aliphatic rings. The Labute approximate surface area is 313 Å². The summed E-state index contributed by atoms with van der Waals surface area (Å²) in [5.41, 5.74) is 4.89. The minimum absolute atomic E-state index is 0.0510. The number of esters is 1. The van der Waals surface area contributed by atoms with E-state index >= 15 is 0 Å². The highest BCUT2D eigenvalue weighted by atomic mass is 16.8. The van der Waals surface area contributed by atoms with Gasteiger partial charge in [-0.15, -0.1) is 0 Å². The van der Waals surface area contributed by atoms with Crippen molar-refractivity contribution in [2.75, 3.05) is 20.2 Å². The molecule has 15 nitrogen and oxygen atoms in total. The molecule has 15 heteroatoms. The Morgan fingerprint density at radius 2 is 1.73 bits per heavy atom. The number of carbonyl (C=O) groups excluding carboxylic acids is 1. The third-order valence-electron chi connectivity index (χ3n) is 9.43. The number of aromatic hydroxyl groups is 1. The molecule has 1 saturated heterocycles. The number of hydrogen-bond donors (Lipinski definition) is 6. The number of nitrogens with one attached hydrogen (secondary N) is 2. The molecule has 3 aromatic carbocycles. The quantitative estimate of drug-likeness (QED) is 0.0781. The van der Waals surface area contributed by atoms with E-state index in [1.54, 1.807) is 24.5 Å². The highest BCUT2D eigenvalue weighted by Gasteiger charge is 2.49. The molecular formula is C40H39N3O12. The van der Waals surface area contributed by atoms with Crippen molar-refractivity contribution in [3.63, 3.8) is 0 Å². The molecule has 0 radical (unpaired) electrons. The Kier molecular flexibility index (Phi) is 10.4. The van der Waals surface area contributed by atoms with Crippen molar-refractivity contribution in [1.82, 2.24) is 15.0 Å². The second-order valence-electron chi connectivity index (χ2n) is 13.5. The molecule has 6 N–H and O–H groups in total. The van der Waals surface area contributed by atoms with Crippen LogP contribution in [0.15, 0.2) is 94.6 Å². The van der Waals surface area contributed by atoms with E-state index in [4.69, 9.17) is 23.5 Å². The number of phenols is 1. The summed E-state index contributed by atoms with van der Waals surface area (Å²) in [6.07, 6.45) is -2.81. The van der Waals surface area contributed by atoms with Gasteiger partial charge in [0.15, 0.2) is 11.3 Å². The summed E-state index contributed by atoms with van der Waals surface area (Å²) in [4.78, 5) is 47.5. The zero-order valence-electron chi connectivity index (χ0n) is 30.0. The molecule has 6 aromatic rings. The Morgan fingerprint density at radius 3 is 2.44 bits per heavy atom. The molecule has 286 valence electrons. The molecule has 6 unspecified atom stereocenters. The van der Waals surface area contributed by atoms with Crippen LogP contribution in [0, 0.1) is 19.8 Å². The number of phenolic OH excluding ortho intramolecular Hbond substituents is 1. The molecule has 0 amide bonds. The summed E-state index contributed by atoms with van der Waals surface area (Å²) in [5, 5.41) is 45.8. The third kappa shape index (κ3) is 7.50. The average molecular weight is 754 g/mol. The van der Waals surface area contributed by atoms with Gasteiger partial charge in [0.25, 0.3) is 0 Å². The summed E-state index contributed by atoms with van der Waals surface area (Å²) >= 11 is 0. The minimum Gasteiger partial charge on any atom is -0.508 e. The molecule has 1 fully saturated rings. The number of aromatic amines is 1. The SMILES string of the molecule is CNCC(C(=O)O)C(=O)OCC1OC(Oc2ccc3c(=O)c(-c4ccc(O)cc4)coc3c2)C(On2cc3cc[nH]c3c2-c2cc(C)cc(C)c2)C(O)C1O. The van der Waals surface area contributed by atoms with Crippen molar-refractivity contribution in [1.29, 1.82) is 0 Å². The largest absolute Gasteiger partial charge is 0.508 e. The maximum absolute atomic E-state index is 13.4. The van der Waals surface area contributed by atoms with Crippen molar-refractivity contribution in [2.24, 2.45) is 5.92 Å². The highest BCUT2D eigenvalue weighted by molar-refractivity contribution is 5.94. The number of fused-ring (bicyclic) bond motifs is 2. The predicted molar refractivity (Wildman–Crippen MR) is 198 cm³/mol. The fraction of sp³-hybridized carbons (Fsp3) is 0.275. The van der Waals surface area contributed by atoms with Crippen LogP contribution in [0.5, 0.6) is 11.5 Å². The number of aryl methyl sites for hydroxylation is 2. The van der Waals surface area contributed by atoms with Gasteiger partial charge < -0.3 is 54.2 Å². The lowest BCUT2D eigenvalue weighted by atomic mass is 9.99. The van der Waals surface area contributed by atoms with Gasteiger partial charge in [0, 0.05) is 29.8 Å². The van der Waals surface area contributed by atoms with Gasteiger partial charge in [0.1, 0.15) is 54.0 Å². The smallest absolute Gasteiger partial charge is 0.321 e. The number of ether oxygens (including phenoxy) is 3. The van der Waals surface area contributed by atoms with Crippen LogP contribution in [-0.4, -0.2) is 93.0 Å². The van der Waals surface area contributed by atoms with Gasteiger partial charge in [0.05, 0.1) is 22.7 Å². The van der Waals surface area contributed by atoms with Gasteiger partial charge in [-0.25, -0.2) is 0 Å². The van der Waals surface area contributed by atoms with Crippen LogP contribution < -0.4 is 20.3 Å². The van der Waals surface area contributed by atoms with Crippen LogP contribution in [0.4, 0.5) is 0 Å². The van der Waals surface area contributed by atoms with E-state index in [9.17, 15) is 34.8 Å². The van der Waals surface area contributed by atoms with Gasteiger partial charge >= 0.3 is 11.9 Å². The Hall–Kier alpha value is -6.13. The van der Waals surface area contributed by atoms with E-state index in [1.165, 1.54) is 48.4 Å². The Morgan fingerprint density at radius 1 is 0.982 bits per heavy atom. The molecule has 0 spiro atoms. The van der Waals surface area contributed by atoms with Crippen LogP contribution in [0.25, 0.3) is 44.3 Å². The first kappa shape index (κ1) is 37.2. The number of nitrogens with zero attached hydrogens (tertiary/aromatic N) is 1. The summed E-state index contributed by atoms with van der Waals surface area (Å²) in [6, 6.07) is 18.4. The van der Waals surface area contributed by atoms with Crippen LogP contribution in [-0.2, 0) is 19.1 Å². The molecule has 55 heavy (non-hydrogen) atoms. The lowest BCUT2D eigenvalue weighted by molar-refractivity contribution is -0.287. The zero-order valence-corrected chi connectivity index (χ0v) is 30.0. The van der Waals surface area contributed by atoms with Gasteiger partial charge in [-0.05, 0) is 68.9 Å². The van der Waals surface area contributed by atoms with E-state index in [0.717, 1.165) is 27.6 Å².